The highest BCUT2D eigenvalue weighted by molar-refractivity contribution is 5.63. The highest BCUT2D eigenvalue weighted by atomic mass is 16.7. The molecule has 1 saturated carbocycles. The molecule has 2 N–H and O–H groups in total. The van der Waals surface area contributed by atoms with Gasteiger partial charge in [0.25, 0.3) is 0 Å². The van der Waals surface area contributed by atoms with Crippen LogP contribution in [0.5, 0.6) is 5.75 Å². The standard InChI is InChI=1S/C15H21NO3/c16-10-12-6-4-5-7-13(12)11-18-15(17)19-14-8-2-1-3-9-14/h1-3,8-9,12-13H,4-7,10-11,16H2. The Labute approximate surface area is 113 Å². The zero-order valence-corrected chi connectivity index (χ0v) is 11.1. The van der Waals surface area contributed by atoms with Crippen LogP contribution < -0.4 is 10.5 Å². The van der Waals surface area contributed by atoms with Gasteiger partial charge in [0, 0.05) is 0 Å². The Morgan fingerprint density at radius 1 is 1.16 bits per heavy atom. The number of ether oxygens (including phenoxy) is 2. The normalized spacial score (nSPS) is 22.8. The molecule has 1 aliphatic carbocycles. The van der Waals surface area contributed by atoms with E-state index in [9.17, 15) is 4.79 Å². The molecule has 1 aromatic carbocycles. The Hall–Kier alpha value is -1.55. The second-order valence-corrected chi connectivity index (χ2v) is 5.02. The molecular formula is C15H21NO3. The lowest BCUT2D eigenvalue weighted by atomic mass is 9.80. The molecule has 2 unspecified atom stereocenters. The van der Waals surface area contributed by atoms with Gasteiger partial charge in [0.15, 0.2) is 0 Å². The molecular weight excluding hydrogens is 242 g/mol. The Kier molecular flexibility index (Phi) is 5.21. The Morgan fingerprint density at radius 2 is 1.84 bits per heavy atom. The molecule has 0 amide bonds. The van der Waals surface area contributed by atoms with Crippen molar-refractivity contribution in [3.05, 3.63) is 30.3 Å². The van der Waals surface area contributed by atoms with Crippen LogP contribution in [0.15, 0.2) is 30.3 Å². The van der Waals surface area contributed by atoms with E-state index in [2.05, 4.69) is 0 Å². The van der Waals surface area contributed by atoms with E-state index < -0.39 is 6.16 Å². The minimum Gasteiger partial charge on any atom is -0.434 e. The fourth-order valence-corrected chi connectivity index (χ4v) is 2.60. The van der Waals surface area contributed by atoms with Gasteiger partial charge in [-0.15, -0.1) is 0 Å². The van der Waals surface area contributed by atoms with Crippen LogP contribution in [0.1, 0.15) is 25.7 Å². The highest BCUT2D eigenvalue weighted by Crippen LogP contribution is 2.29. The topological polar surface area (TPSA) is 61.5 Å². The summed E-state index contributed by atoms with van der Waals surface area (Å²) in [6.45, 7) is 1.08. The lowest BCUT2D eigenvalue weighted by Crippen LogP contribution is -2.31. The largest absolute Gasteiger partial charge is 0.513 e. The van der Waals surface area contributed by atoms with Gasteiger partial charge in [-0.3, -0.25) is 0 Å². The van der Waals surface area contributed by atoms with E-state index in [0.29, 0.717) is 30.7 Å². The maximum absolute atomic E-state index is 11.6. The van der Waals surface area contributed by atoms with Gasteiger partial charge in [0.05, 0.1) is 6.61 Å². The zero-order valence-electron chi connectivity index (χ0n) is 11.1. The Bertz CT molecular complexity index is 394. The SMILES string of the molecule is NCC1CCCCC1COC(=O)Oc1ccccc1. The van der Waals surface area contributed by atoms with Crippen LogP contribution in [-0.2, 0) is 4.74 Å². The molecule has 2 rings (SSSR count). The molecule has 4 nitrogen and oxygen atoms in total. The third-order valence-electron chi connectivity index (χ3n) is 3.73. The van der Waals surface area contributed by atoms with Crippen molar-refractivity contribution in [2.75, 3.05) is 13.2 Å². The lowest BCUT2D eigenvalue weighted by molar-refractivity contribution is 0.0624. The van der Waals surface area contributed by atoms with Crippen LogP contribution in [0.2, 0.25) is 0 Å². The summed E-state index contributed by atoms with van der Waals surface area (Å²) in [5.74, 6) is 1.35. The van der Waals surface area contributed by atoms with E-state index in [1.165, 1.54) is 12.8 Å². The average molecular weight is 263 g/mol. The second kappa shape index (κ2) is 7.14. The van der Waals surface area contributed by atoms with Crippen molar-refractivity contribution >= 4 is 6.16 Å². The van der Waals surface area contributed by atoms with Crippen molar-refractivity contribution in [2.24, 2.45) is 17.6 Å². The molecule has 0 spiro atoms. The summed E-state index contributed by atoms with van der Waals surface area (Å²) in [6, 6.07) is 8.95. The van der Waals surface area contributed by atoms with Crippen LogP contribution in [0.4, 0.5) is 4.79 Å². The van der Waals surface area contributed by atoms with Crippen molar-refractivity contribution < 1.29 is 14.3 Å². The third-order valence-corrected chi connectivity index (χ3v) is 3.73. The van der Waals surface area contributed by atoms with E-state index in [4.69, 9.17) is 15.2 Å². The van der Waals surface area contributed by atoms with Crippen LogP contribution in [0.25, 0.3) is 0 Å². The van der Waals surface area contributed by atoms with Gasteiger partial charge < -0.3 is 15.2 Å². The predicted molar refractivity (Wildman–Crippen MR) is 72.9 cm³/mol. The lowest BCUT2D eigenvalue weighted by Gasteiger charge is -2.29. The van der Waals surface area contributed by atoms with Gasteiger partial charge in [0.2, 0.25) is 0 Å². The first-order valence-electron chi connectivity index (χ1n) is 6.89. The summed E-state index contributed by atoms with van der Waals surface area (Å²) in [6.07, 6.45) is 4.01. The fraction of sp³-hybridized carbons (Fsp3) is 0.533. The molecule has 2 atom stereocenters. The Morgan fingerprint density at radius 3 is 2.53 bits per heavy atom. The number of rotatable bonds is 4. The second-order valence-electron chi connectivity index (χ2n) is 5.02. The number of hydrogen-bond donors (Lipinski definition) is 1. The molecule has 0 heterocycles. The first kappa shape index (κ1) is 13.9. The maximum atomic E-state index is 11.6. The zero-order chi connectivity index (χ0) is 13.5. The first-order chi connectivity index (χ1) is 9.29. The summed E-state index contributed by atoms with van der Waals surface area (Å²) in [7, 11) is 0. The smallest absolute Gasteiger partial charge is 0.434 e. The van der Waals surface area contributed by atoms with E-state index in [-0.39, 0.29) is 0 Å². The number of carbonyl (C=O) groups is 1. The first-order valence-corrected chi connectivity index (χ1v) is 6.89. The minimum absolute atomic E-state index is 0.377. The highest BCUT2D eigenvalue weighted by Gasteiger charge is 2.25. The van der Waals surface area contributed by atoms with Gasteiger partial charge in [-0.1, -0.05) is 31.0 Å². The monoisotopic (exact) mass is 263 g/mol. The van der Waals surface area contributed by atoms with E-state index >= 15 is 0 Å². The van der Waals surface area contributed by atoms with E-state index in [1.807, 2.05) is 18.2 Å². The summed E-state index contributed by atoms with van der Waals surface area (Å²) in [5, 5.41) is 0. The number of carbonyl (C=O) groups excluding carboxylic acids is 1. The van der Waals surface area contributed by atoms with Crippen molar-refractivity contribution in [1.29, 1.82) is 0 Å². The third kappa shape index (κ3) is 4.24. The average Bonchev–Trinajstić information content (AvgIpc) is 2.46. The summed E-state index contributed by atoms with van der Waals surface area (Å²) in [4.78, 5) is 11.6. The number of hydrogen-bond acceptors (Lipinski definition) is 4. The molecule has 19 heavy (non-hydrogen) atoms. The summed E-state index contributed by atoms with van der Waals surface area (Å²) >= 11 is 0. The summed E-state index contributed by atoms with van der Waals surface area (Å²) in [5.41, 5.74) is 5.75. The molecule has 104 valence electrons. The summed E-state index contributed by atoms with van der Waals surface area (Å²) < 4.78 is 10.3. The minimum atomic E-state index is -0.632. The molecule has 0 aromatic heterocycles. The number of benzene rings is 1. The van der Waals surface area contributed by atoms with Crippen molar-refractivity contribution in [1.82, 2.24) is 0 Å². The van der Waals surface area contributed by atoms with Crippen molar-refractivity contribution in [3.8, 4) is 5.75 Å². The Balaban J connectivity index is 1.76. The molecule has 0 bridgehead atoms. The number of nitrogens with two attached hydrogens (primary N) is 1. The van der Waals surface area contributed by atoms with Gasteiger partial charge in [0.1, 0.15) is 5.75 Å². The maximum Gasteiger partial charge on any atom is 0.513 e. The molecule has 0 saturated heterocycles. The molecule has 4 heteroatoms. The van der Waals surface area contributed by atoms with Crippen LogP contribution in [-0.4, -0.2) is 19.3 Å². The van der Waals surface area contributed by atoms with Gasteiger partial charge in [-0.2, -0.15) is 0 Å². The van der Waals surface area contributed by atoms with Crippen molar-refractivity contribution in [2.45, 2.75) is 25.7 Å². The van der Waals surface area contributed by atoms with Crippen LogP contribution in [0.3, 0.4) is 0 Å². The van der Waals surface area contributed by atoms with E-state index in [0.717, 1.165) is 12.8 Å². The molecule has 1 aromatic rings. The van der Waals surface area contributed by atoms with Crippen LogP contribution >= 0.6 is 0 Å². The van der Waals surface area contributed by atoms with E-state index in [1.54, 1.807) is 12.1 Å². The van der Waals surface area contributed by atoms with Crippen LogP contribution in [0, 0.1) is 11.8 Å². The van der Waals surface area contributed by atoms with Gasteiger partial charge in [-0.25, -0.2) is 4.79 Å². The van der Waals surface area contributed by atoms with Crippen molar-refractivity contribution in [3.63, 3.8) is 0 Å². The van der Waals surface area contributed by atoms with Gasteiger partial charge >= 0.3 is 6.16 Å². The van der Waals surface area contributed by atoms with Gasteiger partial charge in [-0.05, 0) is 43.4 Å². The molecule has 0 radical (unpaired) electrons. The fourth-order valence-electron chi connectivity index (χ4n) is 2.60. The number of para-hydroxylation sites is 1. The predicted octanol–water partition coefficient (Wildman–Crippen LogP) is 2.97. The molecule has 1 fully saturated rings. The quantitative estimate of drug-likeness (QED) is 0.670. The molecule has 1 aliphatic rings. The molecule has 0 aliphatic heterocycles.